The Hall–Kier alpha value is -2.63. The quantitative estimate of drug-likeness (QED) is 0.238. The van der Waals surface area contributed by atoms with Crippen LogP contribution in [0.3, 0.4) is 0 Å². The van der Waals surface area contributed by atoms with E-state index in [0.29, 0.717) is 17.9 Å². The predicted molar refractivity (Wildman–Crippen MR) is 133 cm³/mol. The zero-order chi connectivity index (χ0) is 21.3. The predicted octanol–water partition coefficient (Wildman–Crippen LogP) is 6.72. The zero-order valence-corrected chi connectivity index (χ0v) is 19.3. The van der Waals surface area contributed by atoms with Crippen LogP contribution < -0.4 is 11.1 Å². The van der Waals surface area contributed by atoms with Crippen molar-refractivity contribution >= 4 is 43.6 Å². The number of nitrogens with one attached hydrogen (secondary N) is 2. The first kappa shape index (κ1) is 19.1. The van der Waals surface area contributed by atoms with Gasteiger partial charge < -0.3 is 11.1 Å². The van der Waals surface area contributed by atoms with E-state index < -0.39 is 0 Å². The summed E-state index contributed by atoms with van der Waals surface area (Å²) in [4.78, 5) is 1.49. The lowest BCUT2D eigenvalue weighted by Gasteiger charge is -2.44. The van der Waals surface area contributed by atoms with Gasteiger partial charge in [-0.2, -0.15) is 0 Å². The summed E-state index contributed by atoms with van der Waals surface area (Å²) in [6.45, 7) is 4.53. The van der Waals surface area contributed by atoms with E-state index in [4.69, 9.17) is 11.1 Å². The van der Waals surface area contributed by atoms with Crippen molar-refractivity contribution in [3.63, 3.8) is 0 Å². The molecule has 156 valence electrons. The Morgan fingerprint density at radius 3 is 2.77 bits per heavy atom. The fourth-order valence-electron chi connectivity index (χ4n) is 5.74. The minimum Gasteiger partial charge on any atom is -0.384 e. The minimum absolute atomic E-state index is 0.135. The van der Waals surface area contributed by atoms with Gasteiger partial charge in [0, 0.05) is 27.4 Å². The van der Waals surface area contributed by atoms with E-state index in [1.54, 1.807) is 0 Å². The SMILES string of the molecule is Cc1csc2sc(C3Nc4ccc(C(=N)N)cc4C4c5ccccc5CCC34)c(C)c12. The van der Waals surface area contributed by atoms with Crippen molar-refractivity contribution < 1.29 is 0 Å². The van der Waals surface area contributed by atoms with E-state index in [1.165, 1.54) is 47.8 Å². The second kappa shape index (κ2) is 6.94. The van der Waals surface area contributed by atoms with Gasteiger partial charge in [-0.05, 0) is 84.0 Å². The van der Waals surface area contributed by atoms with Gasteiger partial charge in [-0.25, -0.2) is 0 Å². The fraction of sp³-hybridized carbons (Fsp3) is 0.269. The highest BCUT2D eigenvalue weighted by atomic mass is 32.2. The minimum atomic E-state index is 0.135. The number of nitrogens with two attached hydrogens (primary N) is 1. The van der Waals surface area contributed by atoms with Crippen LogP contribution >= 0.6 is 22.7 Å². The van der Waals surface area contributed by atoms with Crippen molar-refractivity contribution in [3.8, 4) is 0 Å². The van der Waals surface area contributed by atoms with Crippen molar-refractivity contribution in [3.05, 3.63) is 86.1 Å². The molecule has 0 amide bonds. The summed E-state index contributed by atoms with van der Waals surface area (Å²) >= 11 is 3.85. The van der Waals surface area contributed by atoms with Crippen LogP contribution in [-0.4, -0.2) is 5.84 Å². The molecule has 0 saturated heterocycles. The lowest BCUT2D eigenvalue weighted by atomic mass is 9.66. The molecule has 3 atom stereocenters. The third-order valence-electron chi connectivity index (χ3n) is 7.17. The second-order valence-corrected chi connectivity index (χ2v) is 11.1. The van der Waals surface area contributed by atoms with Gasteiger partial charge in [-0.3, -0.25) is 5.41 Å². The van der Waals surface area contributed by atoms with Gasteiger partial charge in [-0.1, -0.05) is 24.3 Å². The molecule has 4 N–H and O–H groups in total. The maximum Gasteiger partial charge on any atom is 0.122 e. The van der Waals surface area contributed by atoms with Crippen LogP contribution in [-0.2, 0) is 6.42 Å². The van der Waals surface area contributed by atoms with Crippen LogP contribution in [0.5, 0.6) is 0 Å². The maximum atomic E-state index is 7.96. The highest BCUT2D eigenvalue weighted by Crippen LogP contribution is 2.55. The third-order valence-corrected chi connectivity index (χ3v) is 9.77. The zero-order valence-electron chi connectivity index (χ0n) is 17.7. The van der Waals surface area contributed by atoms with Gasteiger partial charge in [0.25, 0.3) is 0 Å². The third kappa shape index (κ3) is 2.80. The van der Waals surface area contributed by atoms with E-state index >= 15 is 0 Å². The van der Waals surface area contributed by atoms with Gasteiger partial charge >= 0.3 is 0 Å². The molecule has 5 heteroatoms. The highest BCUT2D eigenvalue weighted by molar-refractivity contribution is 7.37. The second-order valence-electron chi connectivity index (χ2n) is 8.89. The number of hydrogen-bond acceptors (Lipinski definition) is 4. The molecule has 0 radical (unpaired) electrons. The first-order chi connectivity index (χ1) is 15.0. The molecule has 2 aliphatic rings. The van der Waals surface area contributed by atoms with E-state index in [9.17, 15) is 0 Å². The number of rotatable bonds is 2. The Kier molecular flexibility index (Phi) is 4.27. The van der Waals surface area contributed by atoms with E-state index in [2.05, 4.69) is 60.9 Å². The Labute approximate surface area is 190 Å². The molecule has 0 bridgehead atoms. The van der Waals surface area contributed by atoms with Crippen molar-refractivity contribution in [1.82, 2.24) is 0 Å². The number of amidine groups is 1. The number of anilines is 1. The van der Waals surface area contributed by atoms with Crippen molar-refractivity contribution in [2.24, 2.45) is 11.7 Å². The van der Waals surface area contributed by atoms with E-state index in [0.717, 1.165) is 18.4 Å². The molecule has 0 saturated carbocycles. The summed E-state index contributed by atoms with van der Waals surface area (Å²) in [5, 5.41) is 15.6. The van der Waals surface area contributed by atoms with Gasteiger partial charge in [0.1, 0.15) is 5.84 Å². The highest BCUT2D eigenvalue weighted by Gasteiger charge is 2.42. The molecule has 31 heavy (non-hydrogen) atoms. The number of benzene rings is 2. The van der Waals surface area contributed by atoms with Crippen LogP contribution in [0.15, 0.2) is 47.8 Å². The average Bonchev–Trinajstić information content (AvgIpc) is 3.31. The molecular weight excluding hydrogens is 418 g/mol. The topological polar surface area (TPSA) is 61.9 Å². The summed E-state index contributed by atoms with van der Waals surface area (Å²) < 4.78 is 1.44. The first-order valence-electron chi connectivity index (χ1n) is 10.8. The standard InChI is InChI=1S/C26H25N3S2/c1-13-12-30-26-21(13)14(2)24(31-26)23-18-9-7-15-5-3-4-6-17(15)22(18)19-11-16(25(27)28)8-10-20(19)29-23/h3-6,8,10-12,18,22-23,29H,7,9H2,1-2H3,(H3,27,28). The number of thiophene rings is 2. The van der Waals surface area contributed by atoms with Gasteiger partial charge in [-0.15, -0.1) is 22.7 Å². The normalized spacial score (nSPS) is 21.8. The first-order valence-corrected chi connectivity index (χ1v) is 12.5. The molecule has 2 aromatic heterocycles. The molecule has 3 unspecified atom stereocenters. The Morgan fingerprint density at radius 1 is 1.13 bits per heavy atom. The molecule has 1 aliphatic heterocycles. The van der Waals surface area contributed by atoms with E-state index in [-0.39, 0.29) is 5.84 Å². The summed E-state index contributed by atoms with van der Waals surface area (Å²) in [6.07, 6.45) is 2.28. The molecule has 3 heterocycles. The van der Waals surface area contributed by atoms with Crippen LogP contribution in [0.4, 0.5) is 5.69 Å². The fourth-order valence-corrected chi connectivity index (χ4v) is 8.41. The van der Waals surface area contributed by atoms with Crippen LogP contribution in [0.25, 0.3) is 9.40 Å². The molecular formula is C26H25N3S2. The molecule has 0 fully saturated rings. The average molecular weight is 444 g/mol. The summed E-state index contributed by atoms with van der Waals surface area (Å²) in [5.41, 5.74) is 14.9. The molecule has 2 aromatic carbocycles. The number of fused-ring (bicyclic) bond motifs is 6. The molecule has 6 rings (SSSR count). The maximum absolute atomic E-state index is 7.96. The van der Waals surface area contributed by atoms with Gasteiger partial charge in [0.15, 0.2) is 0 Å². The Morgan fingerprint density at radius 2 is 1.97 bits per heavy atom. The summed E-state index contributed by atoms with van der Waals surface area (Å²) in [5.74, 6) is 0.942. The molecule has 0 spiro atoms. The lowest BCUT2D eigenvalue weighted by Crippen LogP contribution is -2.35. The van der Waals surface area contributed by atoms with Crippen molar-refractivity contribution in [2.75, 3.05) is 5.32 Å². The smallest absolute Gasteiger partial charge is 0.122 e. The van der Waals surface area contributed by atoms with Crippen LogP contribution in [0.1, 0.15) is 56.6 Å². The lowest BCUT2D eigenvalue weighted by molar-refractivity contribution is 0.350. The van der Waals surface area contributed by atoms with Crippen molar-refractivity contribution in [2.45, 2.75) is 38.6 Å². The monoisotopic (exact) mass is 443 g/mol. The molecule has 3 nitrogen and oxygen atoms in total. The number of hydrogen-bond donors (Lipinski definition) is 3. The largest absolute Gasteiger partial charge is 0.384 e. The van der Waals surface area contributed by atoms with Gasteiger partial charge in [0.2, 0.25) is 0 Å². The van der Waals surface area contributed by atoms with Crippen molar-refractivity contribution in [1.29, 1.82) is 5.41 Å². The number of nitrogen functional groups attached to an aromatic ring is 1. The van der Waals surface area contributed by atoms with E-state index in [1.807, 2.05) is 28.7 Å². The number of aryl methyl sites for hydroxylation is 3. The Bertz CT molecular complexity index is 1350. The van der Waals surface area contributed by atoms with Crippen LogP contribution in [0.2, 0.25) is 0 Å². The Balaban J connectivity index is 1.56. The molecule has 1 aliphatic carbocycles. The van der Waals surface area contributed by atoms with Gasteiger partial charge in [0.05, 0.1) is 10.1 Å². The van der Waals surface area contributed by atoms with Crippen LogP contribution in [0, 0.1) is 25.2 Å². The molecule has 4 aromatic rings. The summed E-state index contributed by atoms with van der Waals surface area (Å²) in [6, 6.07) is 15.5. The summed E-state index contributed by atoms with van der Waals surface area (Å²) in [7, 11) is 0.